The maximum atomic E-state index is 13.2. The van der Waals surface area contributed by atoms with Crippen molar-refractivity contribution in [2.45, 2.75) is 17.4 Å². The molecule has 0 saturated carbocycles. The Hall–Kier alpha value is -2.59. The number of thiophene rings is 1. The molecule has 6 nitrogen and oxygen atoms in total. The predicted octanol–water partition coefficient (Wildman–Crippen LogP) is 3.49. The van der Waals surface area contributed by atoms with Crippen LogP contribution in [0.1, 0.15) is 22.9 Å². The second-order valence-corrected chi connectivity index (χ2v) is 10.8. The predicted molar refractivity (Wildman–Crippen MR) is 127 cm³/mol. The number of carbonyl (C=O) groups is 1. The number of hydrogen-bond acceptors (Lipinski definition) is 5. The van der Waals surface area contributed by atoms with Gasteiger partial charge < -0.3 is 5.32 Å². The fourth-order valence-corrected chi connectivity index (χ4v) is 6.20. The molecule has 0 unspecified atom stereocenters. The van der Waals surface area contributed by atoms with Crippen LogP contribution in [-0.2, 0) is 14.8 Å². The van der Waals surface area contributed by atoms with E-state index < -0.39 is 15.8 Å². The third-order valence-electron chi connectivity index (χ3n) is 5.63. The van der Waals surface area contributed by atoms with Crippen LogP contribution in [-0.4, -0.2) is 56.3 Å². The number of nitrogens with one attached hydrogen (secondary N) is 1. The molecule has 1 aromatic heterocycles. The first-order valence-corrected chi connectivity index (χ1v) is 13.1. The second kappa shape index (κ2) is 10.6. The standard InChI is InChI=1S/C24H26FN3O3S2/c25-20-9-11-21(12-10-20)33(30,31)28-14-5-13-27(15-16-28)18-23(29)26-24(22-8-4-17-32-22)19-6-2-1-3-7-19/h1-4,6-12,17,24H,5,13-16,18H2,(H,26,29)/t24-/m0/s1. The third-order valence-corrected chi connectivity index (χ3v) is 8.48. The van der Waals surface area contributed by atoms with Crippen LogP contribution in [0.15, 0.2) is 77.0 Å². The van der Waals surface area contributed by atoms with E-state index in [9.17, 15) is 17.6 Å². The summed E-state index contributed by atoms with van der Waals surface area (Å²) in [7, 11) is -3.70. The fraction of sp³-hybridized carbons (Fsp3) is 0.292. The van der Waals surface area contributed by atoms with Gasteiger partial charge in [0.05, 0.1) is 17.5 Å². The smallest absolute Gasteiger partial charge is 0.243 e. The van der Waals surface area contributed by atoms with Gasteiger partial charge in [-0.05, 0) is 54.2 Å². The van der Waals surface area contributed by atoms with Gasteiger partial charge in [-0.3, -0.25) is 9.69 Å². The zero-order valence-corrected chi connectivity index (χ0v) is 19.7. The normalized spacial score (nSPS) is 16.8. The number of carbonyl (C=O) groups excluding carboxylic acids is 1. The van der Waals surface area contributed by atoms with Crippen molar-refractivity contribution in [3.8, 4) is 0 Å². The lowest BCUT2D eigenvalue weighted by molar-refractivity contribution is -0.122. The van der Waals surface area contributed by atoms with Crippen LogP contribution in [0, 0.1) is 5.82 Å². The fourth-order valence-electron chi connectivity index (χ4n) is 3.93. The molecule has 0 radical (unpaired) electrons. The Bertz CT molecular complexity index is 1150. The number of benzene rings is 2. The Morgan fingerprint density at radius 1 is 0.970 bits per heavy atom. The van der Waals surface area contributed by atoms with Crippen molar-refractivity contribution in [3.05, 3.63) is 88.4 Å². The topological polar surface area (TPSA) is 69.7 Å². The summed E-state index contributed by atoms with van der Waals surface area (Å²) in [5, 5.41) is 5.13. The van der Waals surface area contributed by atoms with E-state index in [1.165, 1.54) is 16.4 Å². The van der Waals surface area contributed by atoms with E-state index in [0.29, 0.717) is 26.1 Å². The highest BCUT2D eigenvalue weighted by Crippen LogP contribution is 2.26. The van der Waals surface area contributed by atoms with Crippen LogP contribution in [0.2, 0.25) is 0 Å². The van der Waals surface area contributed by atoms with E-state index in [2.05, 4.69) is 5.32 Å². The van der Waals surface area contributed by atoms with Gasteiger partial charge in [0.1, 0.15) is 5.82 Å². The Labute approximate surface area is 197 Å². The maximum absolute atomic E-state index is 13.2. The number of sulfonamides is 1. The first-order chi connectivity index (χ1) is 15.9. The Morgan fingerprint density at radius 2 is 1.73 bits per heavy atom. The van der Waals surface area contributed by atoms with Crippen LogP contribution in [0.3, 0.4) is 0 Å². The van der Waals surface area contributed by atoms with Crippen molar-refractivity contribution in [3.63, 3.8) is 0 Å². The van der Waals surface area contributed by atoms with Crippen molar-refractivity contribution in [2.24, 2.45) is 0 Å². The molecular weight excluding hydrogens is 461 g/mol. The van der Waals surface area contributed by atoms with Gasteiger partial charge in [0.2, 0.25) is 15.9 Å². The Balaban J connectivity index is 1.38. The summed E-state index contributed by atoms with van der Waals surface area (Å²) in [6.45, 7) is 1.90. The largest absolute Gasteiger partial charge is 0.343 e. The molecule has 3 aromatic rings. The summed E-state index contributed by atoms with van der Waals surface area (Å²) in [4.78, 5) is 16.0. The van der Waals surface area contributed by atoms with Crippen LogP contribution in [0.25, 0.3) is 0 Å². The van der Waals surface area contributed by atoms with Crippen LogP contribution in [0.5, 0.6) is 0 Å². The van der Waals surface area contributed by atoms with Crippen LogP contribution < -0.4 is 5.32 Å². The van der Waals surface area contributed by atoms with Gasteiger partial charge in [-0.1, -0.05) is 36.4 Å². The molecule has 0 bridgehead atoms. The minimum absolute atomic E-state index is 0.0803. The summed E-state index contributed by atoms with van der Waals surface area (Å²) in [5.41, 5.74) is 1.01. The van der Waals surface area contributed by atoms with E-state index >= 15 is 0 Å². The van der Waals surface area contributed by atoms with E-state index in [1.807, 2.05) is 52.7 Å². The molecule has 4 rings (SSSR count). The van der Waals surface area contributed by atoms with Gasteiger partial charge in [-0.2, -0.15) is 4.31 Å². The summed E-state index contributed by atoms with van der Waals surface area (Å²) in [6, 6.07) is 18.5. The molecule has 2 heterocycles. The molecule has 9 heteroatoms. The van der Waals surface area contributed by atoms with E-state index in [4.69, 9.17) is 0 Å². The number of amides is 1. The summed E-state index contributed by atoms with van der Waals surface area (Å²) < 4.78 is 40.4. The van der Waals surface area contributed by atoms with Crippen molar-refractivity contribution in [1.82, 2.24) is 14.5 Å². The molecule has 1 aliphatic rings. The lowest BCUT2D eigenvalue weighted by Crippen LogP contribution is -2.41. The van der Waals surface area contributed by atoms with Gasteiger partial charge in [-0.25, -0.2) is 12.8 Å². The highest BCUT2D eigenvalue weighted by molar-refractivity contribution is 7.89. The minimum atomic E-state index is -3.70. The quantitative estimate of drug-likeness (QED) is 0.554. The summed E-state index contributed by atoms with van der Waals surface area (Å²) in [5.74, 6) is -0.578. The van der Waals surface area contributed by atoms with Gasteiger partial charge in [0.25, 0.3) is 0 Å². The first kappa shape index (κ1) is 23.6. The molecule has 1 fully saturated rings. The highest BCUT2D eigenvalue weighted by Gasteiger charge is 2.28. The average molecular weight is 488 g/mol. The van der Waals surface area contributed by atoms with Crippen molar-refractivity contribution in [2.75, 3.05) is 32.7 Å². The van der Waals surface area contributed by atoms with Crippen molar-refractivity contribution in [1.29, 1.82) is 0 Å². The maximum Gasteiger partial charge on any atom is 0.243 e. The lowest BCUT2D eigenvalue weighted by Gasteiger charge is -2.23. The molecule has 1 N–H and O–H groups in total. The Morgan fingerprint density at radius 3 is 2.42 bits per heavy atom. The van der Waals surface area contributed by atoms with E-state index in [0.717, 1.165) is 22.6 Å². The molecule has 174 valence electrons. The lowest BCUT2D eigenvalue weighted by atomic mass is 10.1. The molecular formula is C24H26FN3O3S2. The summed E-state index contributed by atoms with van der Waals surface area (Å²) in [6.07, 6.45) is 0.612. The molecule has 0 aliphatic carbocycles. The molecule has 1 saturated heterocycles. The average Bonchev–Trinajstić information content (AvgIpc) is 3.24. The summed E-state index contributed by atoms with van der Waals surface area (Å²) >= 11 is 1.59. The van der Waals surface area contributed by atoms with Crippen LogP contribution in [0.4, 0.5) is 4.39 Å². The van der Waals surface area contributed by atoms with Crippen molar-refractivity contribution >= 4 is 27.3 Å². The van der Waals surface area contributed by atoms with Crippen molar-refractivity contribution < 1.29 is 17.6 Å². The van der Waals surface area contributed by atoms with E-state index in [1.54, 1.807) is 11.3 Å². The zero-order chi connectivity index (χ0) is 23.3. The highest BCUT2D eigenvalue weighted by atomic mass is 32.2. The number of rotatable bonds is 7. The molecule has 33 heavy (non-hydrogen) atoms. The SMILES string of the molecule is O=C(CN1CCCN(S(=O)(=O)c2ccc(F)cc2)CC1)N[C@@H](c1ccccc1)c1cccs1. The number of hydrogen-bond donors (Lipinski definition) is 1. The molecule has 1 atom stereocenters. The molecule has 1 amide bonds. The second-order valence-electron chi connectivity index (χ2n) is 7.91. The molecule has 1 aliphatic heterocycles. The van der Waals surface area contributed by atoms with Gasteiger partial charge >= 0.3 is 0 Å². The minimum Gasteiger partial charge on any atom is -0.343 e. The van der Waals surface area contributed by atoms with Gasteiger partial charge in [0, 0.05) is 24.5 Å². The zero-order valence-electron chi connectivity index (χ0n) is 18.1. The Kier molecular flexibility index (Phi) is 7.54. The monoisotopic (exact) mass is 487 g/mol. The first-order valence-electron chi connectivity index (χ1n) is 10.8. The molecule has 0 spiro atoms. The van der Waals surface area contributed by atoms with Crippen LogP contribution >= 0.6 is 11.3 Å². The molecule has 2 aromatic carbocycles. The number of halogens is 1. The van der Waals surface area contributed by atoms with Gasteiger partial charge in [-0.15, -0.1) is 11.3 Å². The third kappa shape index (κ3) is 5.86. The number of nitrogens with zero attached hydrogens (tertiary/aromatic N) is 2. The van der Waals surface area contributed by atoms with Gasteiger partial charge in [0.15, 0.2) is 0 Å². The van der Waals surface area contributed by atoms with E-state index in [-0.39, 0.29) is 29.9 Å².